The van der Waals surface area contributed by atoms with Gasteiger partial charge in [-0.05, 0) is 25.1 Å². The van der Waals surface area contributed by atoms with Gasteiger partial charge in [0.15, 0.2) is 0 Å². The van der Waals surface area contributed by atoms with Crippen LogP contribution in [0.4, 0.5) is 10.8 Å². The molecule has 1 aromatic carbocycles. The number of aromatic nitrogens is 1. The molecule has 18 heavy (non-hydrogen) atoms. The minimum atomic E-state index is 0.280. The van der Waals surface area contributed by atoms with Crippen LogP contribution in [0.2, 0.25) is 0 Å². The minimum Gasteiger partial charge on any atom is -0.507 e. The normalized spacial score (nSPS) is 11.6. The van der Waals surface area contributed by atoms with Crippen LogP contribution in [0.15, 0.2) is 40.0 Å². The van der Waals surface area contributed by atoms with E-state index in [1.54, 1.807) is 29.7 Å². The number of azo groups is 1. The lowest BCUT2D eigenvalue weighted by atomic mass is 10.2. The number of benzene rings is 1. The number of thiophene rings is 1. The Labute approximate surface area is 111 Å². The summed E-state index contributed by atoms with van der Waals surface area (Å²) in [6.07, 6.45) is 1.70. The standard InChI is InChI=1S/C12H9N3OS2/c1-7-6-8-10(16)3-2-9(11(8)18-7)14-15-12-13-4-5-17-12/h2-6,16H,1H3/b15-14+. The fourth-order valence-electron chi connectivity index (χ4n) is 1.66. The van der Waals surface area contributed by atoms with E-state index in [1.807, 2.05) is 18.4 Å². The molecule has 0 saturated heterocycles. The van der Waals surface area contributed by atoms with E-state index < -0.39 is 0 Å². The van der Waals surface area contributed by atoms with Crippen molar-refractivity contribution in [1.82, 2.24) is 4.98 Å². The molecule has 1 N–H and O–H groups in total. The van der Waals surface area contributed by atoms with Crippen molar-refractivity contribution in [3.8, 4) is 5.75 Å². The van der Waals surface area contributed by atoms with E-state index in [-0.39, 0.29) is 5.75 Å². The van der Waals surface area contributed by atoms with Crippen LogP contribution in [0, 0.1) is 6.92 Å². The van der Waals surface area contributed by atoms with Gasteiger partial charge in [-0.1, -0.05) is 0 Å². The first kappa shape index (κ1) is 11.3. The van der Waals surface area contributed by atoms with Crippen LogP contribution in [0.5, 0.6) is 5.75 Å². The predicted octanol–water partition coefficient (Wildman–Crippen LogP) is 4.79. The molecule has 90 valence electrons. The molecule has 2 aromatic heterocycles. The lowest BCUT2D eigenvalue weighted by Gasteiger charge is -1.97. The van der Waals surface area contributed by atoms with Crippen molar-refractivity contribution >= 4 is 43.6 Å². The van der Waals surface area contributed by atoms with Crippen molar-refractivity contribution in [2.75, 3.05) is 0 Å². The topological polar surface area (TPSA) is 57.8 Å². The molecule has 0 unspecified atom stereocenters. The quantitative estimate of drug-likeness (QED) is 0.684. The van der Waals surface area contributed by atoms with Crippen LogP contribution in [0.1, 0.15) is 4.88 Å². The number of phenols is 1. The van der Waals surface area contributed by atoms with Crippen LogP contribution in [-0.2, 0) is 0 Å². The van der Waals surface area contributed by atoms with Gasteiger partial charge < -0.3 is 5.11 Å². The second-order valence-corrected chi connectivity index (χ2v) is 5.85. The number of phenolic OH excluding ortho intramolecular Hbond substituents is 1. The molecule has 4 nitrogen and oxygen atoms in total. The molecule has 0 radical (unpaired) electrons. The van der Waals surface area contributed by atoms with Crippen molar-refractivity contribution in [2.24, 2.45) is 10.2 Å². The summed E-state index contributed by atoms with van der Waals surface area (Å²) in [7, 11) is 0. The largest absolute Gasteiger partial charge is 0.507 e. The van der Waals surface area contributed by atoms with E-state index in [2.05, 4.69) is 15.2 Å². The Hall–Kier alpha value is -1.79. The third kappa shape index (κ3) is 2.00. The molecule has 0 aliphatic carbocycles. The zero-order valence-corrected chi connectivity index (χ0v) is 11.1. The molecule has 0 bridgehead atoms. The van der Waals surface area contributed by atoms with Gasteiger partial charge in [0.2, 0.25) is 5.13 Å². The van der Waals surface area contributed by atoms with Gasteiger partial charge in [-0.2, -0.15) is 0 Å². The third-order valence-corrected chi connectivity index (χ3v) is 4.15. The third-order valence-electron chi connectivity index (χ3n) is 2.43. The van der Waals surface area contributed by atoms with E-state index >= 15 is 0 Å². The van der Waals surface area contributed by atoms with E-state index in [1.165, 1.54) is 11.3 Å². The number of fused-ring (bicyclic) bond motifs is 1. The second kappa shape index (κ2) is 4.47. The molecular weight excluding hydrogens is 266 g/mol. The predicted molar refractivity (Wildman–Crippen MR) is 74.5 cm³/mol. The van der Waals surface area contributed by atoms with Crippen LogP contribution < -0.4 is 0 Å². The van der Waals surface area contributed by atoms with Gasteiger partial charge in [0, 0.05) is 21.8 Å². The highest BCUT2D eigenvalue weighted by molar-refractivity contribution is 7.19. The molecule has 0 fully saturated rings. The first-order chi connectivity index (χ1) is 8.74. The van der Waals surface area contributed by atoms with Gasteiger partial charge in [-0.15, -0.1) is 32.9 Å². The summed E-state index contributed by atoms with van der Waals surface area (Å²) in [5, 5.41) is 21.4. The Morgan fingerprint density at radius 3 is 2.94 bits per heavy atom. The van der Waals surface area contributed by atoms with Gasteiger partial charge in [0.1, 0.15) is 11.4 Å². The van der Waals surface area contributed by atoms with Crippen molar-refractivity contribution in [3.05, 3.63) is 34.7 Å². The highest BCUT2D eigenvalue weighted by atomic mass is 32.1. The Bertz CT molecular complexity index is 716. The number of thiazole rings is 1. The van der Waals surface area contributed by atoms with E-state index in [0.29, 0.717) is 5.13 Å². The summed E-state index contributed by atoms with van der Waals surface area (Å²) in [5.74, 6) is 0.280. The highest BCUT2D eigenvalue weighted by Gasteiger charge is 2.08. The molecule has 0 aliphatic heterocycles. The summed E-state index contributed by atoms with van der Waals surface area (Å²) in [4.78, 5) is 5.18. The first-order valence-corrected chi connectivity index (χ1v) is 6.97. The number of hydrogen-bond donors (Lipinski definition) is 1. The van der Waals surface area contributed by atoms with E-state index in [4.69, 9.17) is 0 Å². The molecule has 2 heterocycles. The van der Waals surface area contributed by atoms with E-state index in [9.17, 15) is 5.11 Å². The van der Waals surface area contributed by atoms with E-state index in [0.717, 1.165) is 20.7 Å². The minimum absolute atomic E-state index is 0.280. The van der Waals surface area contributed by atoms with Crippen LogP contribution in [-0.4, -0.2) is 10.1 Å². The molecular formula is C12H9N3OS2. The SMILES string of the molecule is Cc1cc2c(O)ccc(/N=N/c3nccs3)c2s1. The van der Waals surface area contributed by atoms with Crippen LogP contribution >= 0.6 is 22.7 Å². The lowest BCUT2D eigenvalue weighted by molar-refractivity contribution is 0.482. The summed E-state index contributed by atoms with van der Waals surface area (Å²) in [5.41, 5.74) is 0.760. The Kier molecular flexibility index (Phi) is 2.81. The number of hydrogen-bond acceptors (Lipinski definition) is 6. The van der Waals surface area contributed by atoms with Gasteiger partial charge in [-0.25, -0.2) is 4.98 Å². The average Bonchev–Trinajstić information content (AvgIpc) is 2.97. The Morgan fingerprint density at radius 1 is 1.28 bits per heavy atom. The maximum Gasteiger partial charge on any atom is 0.229 e. The number of nitrogens with zero attached hydrogens (tertiary/aromatic N) is 3. The highest BCUT2D eigenvalue weighted by Crippen LogP contribution is 2.39. The zero-order chi connectivity index (χ0) is 12.5. The maximum absolute atomic E-state index is 9.79. The first-order valence-electron chi connectivity index (χ1n) is 5.27. The average molecular weight is 275 g/mol. The number of aryl methyl sites for hydroxylation is 1. The molecule has 0 amide bonds. The van der Waals surface area contributed by atoms with Crippen molar-refractivity contribution in [3.63, 3.8) is 0 Å². The summed E-state index contributed by atoms with van der Waals surface area (Å²) < 4.78 is 0.952. The van der Waals surface area contributed by atoms with Gasteiger partial charge in [0.05, 0.1) is 4.70 Å². The molecule has 0 spiro atoms. The summed E-state index contributed by atoms with van der Waals surface area (Å²) in [6.45, 7) is 2.01. The number of aromatic hydroxyl groups is 1. The van der Waals surface area contributed by atoms with Crippen LogP contribution in [0.3, 0.4) is 0 Å². The molecule has 0 saturated carbocycles. The van der Waals surface area contributed by atoms with Gasteiger partial charge in [-0.3, -0.25) is 0 Å². The fourth-order valence-corrected chi connectivity index (χ4v) is 3.10. The van der Waals surface area contributed by atoms with Crippen molar-refractivity contribution in [1.29, 1.82) is 0 Å². The number of rotatable bonds is 2. The van der Waals surface area contributed by atoms with Gasteiger partial charge >= 0.3 is 0 Å². The summed E-state index contributed by atoms with van der Waals surface area (Å²) in [6, 6.07) is 5.37. The molecule has 0 atom stereocenters. The second-order valence-electron chi connectivity index (χ2n) is 3.72. The maximum atomic E-state index is 9.79. The smallest absolute Gasteiger partial charge is 0.229 e. The monoisotopic (exact) mass is 275 g/mol. The molecule has 0 aliphatic rings. The van der Waals surface area contributed by atoms with Gasteiger partial charge in [0.25, 0.3) is 0 Å². The van der Waals surface area contributed by atoms with Crippen LogP contribution in [0.25, 0.3) is 10.1 Å². The molecule has 3 rings (SSSR count). The fraction of sp³-hybridized carbons (Fsp3) is 0.0833. The molecule has 3 aromatic rings. The summed E-state index contributed by atoms with van der Waals surface area (Å²) >= 11 is 3.04. The Balaban J connectivity index is 2.09. The Morgan fingerprint density at radius 2 is 2.17 bits per heavy atom. The molecule has 6 heteroatoms. The van der Waals surface area contributed by atoms with Crippen molar-refractivity contribution in [2.45, 2.75) is 6.92 Å². The van der Waals surface area contributed by atoms with Crippen molar-refractivity contribution < 1.29 is 5.11 Å². The lowest BCUT2D eigenvalue weighted by Crippen LogP contribution is -1.68. The zero-order valence-electron chi connectivity index (χ0n) is 9.49.